The first-order chi connectivity index (χ1) is 14.1. The molecule has 1 N–H and O–H groups in total. The molecule has 4 rings (SSSR count). The fourth-order valence-electron chi connectivity index (χ4n) is 3.68. The number of carbonyl (C=O) groups excluding carboxylic acids is 1. The van der Waals surface area contributed by atoms with Crippen LogP contribution in [0.4, 0.5) is 5.82 Å². The van der Waals surface area contributed by atoms with Crippen molar-refractivity contribution < 1.29 is 14.3 Å². The van der Waals surface area contributed by atoms with Crippen molar-refractivity contribution in [1.29, 1.82) is 0 Å². The summed E-state index contributed by atoms with van der Waals surface area (Å²) in [5, 5.41) is 2.94. The van der Waals surface area contributed by atoms with E-state index < -0.39 is 6.10 Å². The summed E-state index contributed by atoms with van der Waals surface area (Å²) in [4.78, 5) is 21.9. The van der Waals surface area contributed by atoms with Gasteiger partial charge in [0.25, 0.3) is 5.91 Å². The lowest BCUT2D eigenvalue weighted by Crippen LogP contribution is -2.48. The van der Waals surface area contributed by atoms with Crippen LogP contribution < -0.4 is 19.7 Å². The second-order valence-electron chi connectivity index (χ2n) is 7.69. The lowest BCUT2D eigenvalue weighted by molar-refractivity contribution is -0.133. The highest BCUT2D eigenvalue weighted by Crippen LogP contribution is 2.33. The molecular weight excluding hydrogens is 368 g/mol. The molecule has 1 saturated heterocycles. The van der Waals surface area contributed by atoms with E-state index in [1.165, 1.54) is 0 Å². The van der Waals surface area contributed by atoms with E-state index in [-0.39, 0.29) is 12.0 Å². The Morgan fingerprint density at radius 3 is 2.66 bits per heavy atom. The number of rotatable bonds is 4. The first kappa shape index (κ1) is 19.5. The Hall–Kier alpha value is -2.80. The average Bonchev–Trinajstić information content (AvgIpc) is 2.96. The zero-order chi connectivity index (χ0) is 20.2. The first-order valence-electron chi connectivity index (χ1n) is 10.2. The molecule has 29 heavy (non-hydrogen) atoms. The molecule has 0 saturated carbocycles. The number of aromatic nitrogens is 1. The fraction of sp³-hybridized carbons (Fsp3) is 0.455. The molecule has 0 bridgehead atoms. The highest BCUT2D eigenvalue weighted by Gasteiger charge is 2.33. The van der Waals surface area contributed by atoms with Crippen LogP contribution in [0.2, 0.25) is 0 Å². The summed E-state index contributed by atoms with van der Waals surface area (Å²) in [6, 6.07) is 11.5. The van der Waals surface area contributed by atoms with Gasteiger partial charge in [-0.25, -0.2) is 4.98 Å². The Bertz CT molecular complexity index is 842. The topological polar surface area (TPSA) is 66.9 Å². The predicted octanol–water partition coefficient (Wildman–Crippen LogP) is 2.07. The summed E-state index contributed by atoms with van der Waals surface area (Å²) < 4.78 is 11.7. The molecule has 1 amide bonds. The second kappa shape index (κ2) is 8.69. The molecule has 0 spiro atoms. The van der Waals surface area contributed by atoms with Gasteiger partial charge in [0.15, 0.2) is 11.5 Å². The van der Waals surface area contributed by atoms with Crippen molar-refractivity contribution in [1.82, 2.24) is 15.2 Å². The van der Waals surface area contributed by atoms with Crippen LogP contribution >= 0.6 is 0 Å². The standard InChI is InChI=1S/C22H28N4O3/c1-16-21(29-19-7-4-3-6-18(19)28-16)22(27)24-15-17-8-9-20(23-14-17)26-11-5-10-25(2)12-13-26/h3-4,6-9,14,16,21H,5,10-13,15H2,1-2H3,(H,24,27)/t16-,21-/m1/s1. The van der Waals surface area contributed by atoms with Crippen LogP contribution in [0.1, 0.15) is 18.9 Å². The van der Waals surface area contributed by atoms with Gasteiger partial charge in [0.1, 0.15) is 11.9 Å². The second-order valence-corrected chi connectivity index (χ2v) is 7.69. The summed E-state index contributed by atoms with van der Waals surface area (Å²) in [5.41, 5.74) is 0.957. The van der Waals surface area contributed by atoms with Gasteiger partial charge in [0, 0.05) is 32.4 Å². The molecule has 2 atom stereocenters. The van der Waals surface area contributed by atoms with E-state index in [0.717, 1.165) is 44.0 Å². The summed E-state index contributed by atoms with van der Waals surface area (Å²) in [5.74, 6) is 2.07. The summed E-state index contributed by atoms with van der Waals surface area (Å²) in [6.45, 7) is 6.42. The number of nitrogens with one attached hydrogen (secondary N) is 1. The van der Waals surface area contributed by atoms with Crippen molar-refractivity contribution in [3.8, 4) is 11.5 Å². The average molecular weight is 396 g/mol. The monoisotopic (exact) mass is 396 g/mol. The molecule has 7 heteroatoms. The maximum absolute atomic E-state index is 12.6. The Labute approximate surface area is 171 Å². The maximum atomic E-state index is 12.6. The quantitative estimate of drug-likeness (QED) is 0.854. The first-order valence-corrected chi connectivity index (χ1v) is 10.2. The van der Waals surface area contributed by atoms with Gasteiger partial charge in [-0.2, -0.15) is 0 Å². The van der Waals surface area contributed by atoms with Crippen LogP contribution in [0.3, 0.4) is 0 Å². The number of nitrogens with zero attached hydrogens (tertiary/aromatic N) is 3. The van der Waals surface area contributed by atoms with Crippen molar-refractivity contribution in [2.45, 2.75) is 32.1 Å². The number of para-hydroxylation sites is 2. The highest BCUT2D eigenvalue weighted by molar-refractivity contribution is 5.82. The Morgan fingerprint density at radius 1 is 1.10 bits per heavy atom. The van der Waals surface area contributed by atoms with Crippen LogP contribution in [-0.2, 0) is 11.3 Å². The number of benzene rings is 1. The van der Waals surface area contributed by atoms with Crippen LogP contribution in [-0.4, -0.2) is 61.2 Å². The number of hydrogen-bond acceptors (Lipinski definition) is 6. The van der Waals surface area contributed by atoms with Crippen LogP contribution in [0.15, 0.2) is 42.6 Å². The molecule has 1 aromatic carbocycles. The zero-order valence-corrected chi connectivity index (χ0v) is 17.0. The number of amides is 1. The SMILES string of the molecule is C[C@H]1Oc2ccccc2O[C@H]1C(=O)NCc1ccc(N2CCCN(C)CC2)nc1. The molecule has 3 heterocycles. The zero-order valence-electron chi connectivity index (χ0n) is 17.0. The third-order valence-electron chi connectivity index (χ3n) is 5.42. The Morgan fingerprint density at radius 2 is 1.90 bits per heavy atom. The van der Waals surface area contributed by atoms with E-state index in [9.17, 15) is 4.79 Å². The van der Waals surface area contributed by atoms with Crippen molar-refractivity contribution >= 4 is 11.7 Å². The predicted molar refractivity (Wildman–Crippen MR) is 111 cm³/mol. The maximum Gasteiger partial charge on any atom is 0.265 e. The van der Waals surface area contributed by atoms with Gasteiger partial charge in [-0.1, -0.05) is 18.2 Å². The van der Waals surface area contributed by atoms with Gasteiger partial charge >= 0.3 is 0 Å². The summed E-state index contributed by atoms with van der Waals surface area (Å²) in [7, 11) is 2.16. The van der Waals surface area contributed by atoms with Crippen LogP contribution in [0.25, 0.3) is 0 Å². The minimum Gasteiger partial charge on any atom is -0.482 e. The minimum absolute atomic E-state index is 0.188. The number of likely N-dealkylation sites (N-methyl/N-ethyl adjacent to an activating group) is 1. The van der Waals surface area contributed by atoms with E-state index in [1.54, 1.807) is 0 Å². The smallest absolute Gasteiger partial charge is 0.265 e. The van der Waals surface area contributed by atoms with Gasteiger partial charge < -0.3 is 24.6 Å². The summed E-state index contributed by atoms with van der Waals surface area (Å²) >= 11 is 0. The van der Waals surface area contributed by atoms with E-state index in [2.05, 4.69) is 27.1 Å². The van der Waals surface area contributed by atoms with E-state index >= 15 is 0 Å². The Kier molecular flexibility index (Phi) is 5.85. The normalized spacial score (nSPS) is 22.1. The molecule has 0 aliphatic carbocycles. The van der Waals surface area contributed by atoms with Gasteiger partial charge in [0.05, 0.1) is 0 Å². The number of pyridine rings is 1. The summed E-state index contributed by atoms with van der Waals surface area (Å²) in [6.07, 6.45) is 1.94. The van der Waals surface area contributed by atoms with Crippen molar-refractivity contribution in [3.05, 3.63) is 48.2 Å². The van der Waals surface area contributed by atoms with E-state index in [4.69, 9.17) is 9.47 Å². The molecule has 1 aromatic heterocycles. The third-order valence-corrected chi connectivity index (χ3v) is 5.42. The van der Waals surface area contributed by atoms with Crippen molar-refractivity contribution in [3.63, 3.8) is 0 Å². The van der Waals surface area contributed by atoms with E-state index in [1.807, 2.05) is 49.5 Å². The minimum atomic E-state index is -0.675. The van der Waals surface area contributed by atoms with Crippen molar-refractivity contribution in [2.24, 2.45) is 0 Å². The number of carbonyl (C=O) groups is 1. The Balaban J connectivity index is 1.32. The van der Waals surface area contributed by atoms with Crippen LogP contribution in [0, 0.1) is 0 Å². The number of fused-ring (bicyclic) bond motifs is 1. The van der Waals surface area contributed by atoms with Gasteiger partial charge in [-0.05, 0) is 50.7 Å². The molecule has 1 fully saturated rings. The fourth-order valence-corrected chi connectivity index (χ4v) is 3.68. The van der Waals surface area contributed by atoms with Gasteiger partial charge in [-0.3, -0.25) is 4.79 Å². The number of anilines is 1. The van der Waals surface area contributed by atoms with Crippen molar-refractivity contribution in [2.75, 3.05) is 38.1 Å². The number of ether oxygens (including phenoxy) is 2. The molecule has 0 unspecified atom stereocenters. The number of hydrogen-bond donors (Lipinski definition) is 1. The molecule has 2 aliphatic heterocycles. The molecular formula is C22H28N4O3. The molecule has 7 nitrogen and oxygen atoms in total. The highest BCUT2D eigenvalue weighted by atomic mass is 16.6. The van der Waals surface area contributed by atoms with Gasteiger partial charge in [-0.15, -0.1) is 0 Å². The largest absolute Gasteiger partial charge is 0.482 e. The van der Waals surface area contributed by atoms with Gasteiger partial charge in [0.2, 0.25) is 6.10 Å². The molecule has 154 valence electrons. The third kappa shape index (κ3) is 4.62. The lowest BCUT2D eigenvalue weighted by atomic mass is 10.1. The van der Waals surface area contributed by atoms with Crippen LogP contribution in [0.5, 0.6) is 11.5 Å². The van der Waals surface area contributed by atoms with E-state index in [0.29, 0.717) is 18.0 Å². The lowest BCUT2D eigenvalue weighted by Gasteiger charge is -2.31. The molecule has 0 radical (unpaired) electrons. The molecule has 2 aliphatic rings. The molecule has 2 aromatic rings.